The van der Waals surface area contributed by atoms with Crippen LogP contribution in [-0.4, -0.2) is 20.2 Å². The number of hydrogen-bond acceptors (Lipinski definition) is 2. The molecular formula is C18H31NO. The van der Waals surface area contributed by atoms with E-state index in [4.69, 9.17) is 4.74 Å². The van der Waals surface area contributed by atoms with Crippen molar-refractivity contribution < 1.29 is 4.74 Å². The SMILES string of the molecule is CCCCCCC(CNCC)Cc1ccccc1OC. The summed E-state index contributed by atoms with van der Waals surface area (Å²) >= 11 is 0. The maximum atomic E-state index is 5.47. The molecule has 0 aliphatic rings. The molecule has 0 saturated carbocycles. The molecule has 2 nitrogen and oxygen atoms in total. The number of nitrogens with one attached hydrogen (secondary N) is 1. The smallest absolute Gasteiger partial charge is 0.122 e. The Hall–Kier alpha value is -1.02. The van der Waals surface area contributed by atoms with Crippen LogP contribution in [0.2, 0.25) is 0 Å². The minimum Gasteiger partial charge on any atom is -0.496 e. The summed E-state index contributed by atoms with van der Waals surface area (Å²) in [5.74, 6) is 1.74. The molecule has 0 aliphatic heterocycles. The van der Waals surface area contributed by atoms with Crippen LogP contribution in [0.25, 0.3) is 0 Å². The molecular weight excluding hydrogens is 246 g/mol. The van der Waals surface area contributed by atoms with Gasteiger partial charge in [0.25, 0.3) is 0 Å². The molecule has 0 saturated heterocycles. The first-order valence-electron chi connectivity index (χ1n) is 8.14. The highest BCUT2D eigenvalue weighted by Gasteiger charge is 2.12. The lowest BCUT2D eigenvalue weighted by molar-refractivity contribution is 0.391. The van der Waals surface area contributed by atoms with Gasteiger partial charge < -0.3 is 10.1 Å². The van der Waals surface area contributed by atoms with Crippen molar-refractivity contribution in [2.75, 3.05) is 20.2 Å². The van der Waals surface area contributed by atoms with E-state index < -0.39 is 0 Å². The van der Waals surface area contributed by atoms with E-state index in [0.717, 1.165) is 25.3 Å². The first kappa shape index (κ1) is 17.0. The zero-order valence-electron chi connectivity index (χ0n) is 13.5. The number of rotatable bonds is 11. The predicted molar refractivity (Wildman–Crippen MR) is 87.5 cm³/mol. The lowest BCUT2D eigenvalue weighted by Crippen LogP contribution is -2.24. The van der Waals surface area contributed by atoms with Crippen LogP contribution in [0.4, 0.5) is 0 Å². The number of para-hydroxylation sites is 1. The Labute approximate surface area is 124 Å². The molecule has 0 aromatic heterocycles. The van der Waals surface area contributed by atoms with Gasteiger partial charge in [0.1, 0.15) is 5.75 Å². The fraction of sp³-hybridized carbons (Fsp3) is 0.667. The standard InChI is InChI=1S/C18H31NO/c1-4-6-7-8-11-16(15-19-5-2)14-17-12-9-10-13-18(17)20-3/h9-10,12-13,16,19H,4-8,11,14-15H2,1-3H3. The zero-order chi connectivity index (χ0) is 14.6. The van der Waals surface area contributed by atoms with Crippen molar-refractivity contribution in [3.05, 3.63) is 29.8 Å². The van der Waals surface area contributed by atoms with Crippen molar-refractivity contribution in [2.24, 2.45) is 5.92 Å². The topological polar surface area (TPSA) is 21.3 Å². The average Bonchev–Trinajstić information content (AvgIpc) is 2.49. The van der Waals surface area contributed by atoms with Gasteiger partial charge >= 0.3 is 0 Å². The van der Waals surface area contributed by atoms with Crippen LogP contribution in [0.3, 0.4) is 0 Å². The van der Waals surface area contributed by atoms with E-state index in [9.17, 15) is 0 Å². The van der Waals surface area contributed by atoms with Crippen molar-refractivity contribution in [1.29, 1.82) is 0 Å². The summed E-state index contributed by atoms with van der Waals surface area (Å²) in [6.07, 6.45) is 7.81. The summed E-state index contributed by atoms with van der Waals surface area (Å²) in [5, 5.41) is 3.51. The van der Waals surface area contributed by atoms with Crippen LogP contribution in [0, 0.1) is 5.92 Å². The highest BCUT2D eigenvalue weighted by molar-refractivity contribution is 5.33. The molecule has 1 N–H and O–H groups in total. The largest absolute Gasteiger partial charge is 0.496 e. The van der Waals surface area contributed by atoms with Gasteiger partial charge in [0.05, 0.1) is 7.11 Å². The quantitative estimate of drug-likeness (QED) is 0.604. The maximum absolute atomic E-state index is 5.47. The molecule has 1 rings (SSSR count). The molecule has 0 fully saturated rings. The van der Waals surface area contributed by atoms with Gasteiger partial charge in [0.15, 0.2) is 0 Å². The molecule has 1 aromatic carbocycles. The molecule has 20 heavy (non-hydrogen) atoms. The molecule has 0 bridgehead atoms. The van der Waals surface area contributed by atoms with Gasteiger partial charge in [-0.05, 0) is 43.5 Å². The van der Waals surface area contributed by atoms with Crippen LogP contribution in [0.1, 0.15) is 51.5 Å². The van der Waals surface area contributed by atoms with Crippen molar-refractivity contribution in [1.82, 2.24) is 5.32 Å². The van der Waals surface area contributed by atoms with Crippen molar-refractivity contribution in [2.45, 2.75) is 52.4 Å². The van der Waals surface area contributed by atoms with Gasteiger partial charge in [-0.25, -0.2) is 0 Å². The van der Waals surface area contributed by atoms with Gasteiger partial charge in [-0.15, -0.1) is 0 Å². The van der Waals surface area contributed by atoms with Crippen molar-refractivity contribution in [3.63, 3.8) is 0 Å². The second-order valence-corrected chi connectivity index (χ2v) is 5.54. The maximum Gasteiger partial charge on any atom is 0.122 e. The van der Waals surface area contributed by atoms with Crippen LogP contribution in [-0.2, 0) is 6.42 Å². The summed E-state index contributed by atoms with van der Waals surface area (Å²) in [5.41, 5.74) is 1.34. The van der Waals surface area contributed by atoms with E-state index >= 15 is 0 Å². The van der Waals surface area contributed by atoms with Gasteiger partial charge in [-0.2, -0.15) is 0 Å². The summed E-state index contributed by atoms with van der Waals surface area (Å²) in [4.78, 5) is 0. The minimum absolute atomic E-state index is 0.711. The Morgan fingerprint density at radius 2 is 1.90 bits per heavy atom. The number of hydrogen-bond donors (Lipinski definition) is 1. The van der Waals surface area contributed by atoms with Gasteiger partial charge in [-0.3, -0.25) is 0 Å². The monoisotopic (exact) mass is 277 g/mol. The summed E-state index contributed by atoms with van der Waals surface area (Å²) in [6, 6.07) is 8.42. The summed E-state index contributed by atoms with van der Waals surface area (Å²) in [7, 11) is 1.76. The van der Waals surface area contributed by atoms with E-state index in [-0.39, 0.29) is 0 Å². The van der Waals surface area contributed by atoms with Crippen molar-refractivity contribution in [3.8, 4) is 5.75 Å². The Morgan fingerprint density at radius 3 is 2.60 bits per heavy atom. The van der Waals surface area contributed by atoms with Crippen LogP contribution < -0.4 is 10.1 Å². The van der Waals surface area contributed by atoms with E-state index in [1.54, 1.807) is 7.11 Å². The lowest BCUT2D eigenvalue weighted by Gasteiger charge is -2.19. The zero-order valence-corrected chi connectivity index (χ0v) is 13.5. The van der Waals surface area contributed by atoms with Crippen molar-refractivity contribution >= 4 is 0 Å². The van der Waals surface area contributed by atoms with Gasteiger partial charge in [0.2, 0.25) is 0 Å². The third-order valence-electron chi connectivity index (χ3n) is 3.85. The van der Waals surface area contributed by atoms with E-state index in [0.29, 0.717) is 5.92 Å². The highest BCUT2D eigenvalue weighted by Crippen LogP contribution is 2.23. The number of methoxy groups -OCH3 is 1. The average molecular weight is 277 g/mol. The lowest BCUT2D eigenvalue weighted by atomic mass is 9.93. The van der Waals surface area contributed by atoms with E-state index in [1.807, 2.05) is 6.07 Å². The van der Waals surface area contributed by atoms with Gasteiger partial charge in [-0.1, -0.05) is 57.7 Å². The third-order valence-corrected chi connectivity index (χ3v) is 3.85. The molecule has 0 aliphatic carbocycles. The second-order valence-electron chi connectivity index (χ2n) is 5.54. The molecule has 1 atom stereocenters. The van der Waals surface area contributed by atoms with Gasteiger partial charge in [0, 0.05) is 0 Å². The highest BCUT2D eigenvalue weighted by atomic mass is 16.5. The third kappa shape index (κ3) is 6.42. The van der Waals surface area contributed by atoms with Crippen LogP contribution in [0.15, 0.2) is 24.3 Å². The molecule has 1 unspecified atom stereocenters. The molecule has 2 heteroatoms. The minimum atomic E-state index is 0.711. The summed E-state index contributed by atoms with van der Waals surface area (Å²) < 4.78 is 5.47. The summed E-state index contributed by atoms with van der Waals surface area (Å²) in [6.45, 7) is 6.61. The van der Waals surface area contributed by atoms with E-state index in [1.165, 1.54) is 37.7 Å². The molecule has 0 amide bonds. The number of unbranched alkanes of at least 4 members (excludes halogenated alkanes) is 3. The number of benzene rings is 1. The normalized spacial score (nSPS) is 12.3. The molecule has 114 valence electrons. The Kier molecular flexibility index (Phi) is 9.14. The first-order chi connectivity index (χ1) is 9.81. The molecule has 0 radical (unpaired) electrons. The molecule has 0 heterocycles. The predicted octanol–water partition coefficient (Wildman–Crippen LogP) is 4.43. The second kappa shape index (κ2) is 10.7. The Bertz CT molecular complexity index is 351. The Morgan fingerprint density at radius 1 is 1.10 bits per heavy atom. The van der Waals surface area contributed by atoms with E-state index in [2.05, 4.69) is 37.4 Å². The fourth-order valence-corrected chi connectivity index (χ4v) is 2.67. The van der Waals surface area contributed by atoms with Crippen LogP contribution >= 0.6 is 0 Å². The fourth-order valence-electron chi connectivity index (χ4n) is 2.67. The first-order valence-corrected chi connectivity index (χ1v) is 8.14. The molecule has 1 aromatic rings. The Balaban J connectivity index is 2.53. The number of ether oxygens (including phenoxy) is 1. The van der Waals surface area contributed by atoms with Crippen LogP contribution in [0.5, 0.6) is 5.75 Å². The molecule has 0 spiro atoms.